The minimum absolute atomic E-state index is 0.0274. The van der Waals surface area contributed by atoms with Crippen molar-refractivity contribution in [2.24, 2.45) is 0 Å². The fourth-order valence-electron chi connectivity index (χ4n) is 1.63. The summed E-state index contributed by atoms with van der Waals surface area (Å²) in [5.41, 5.74) is -0.902. The second-order valence-electron chi connectivity index (χ2n) is 4.02. The highest BCUT2D eigenvalue weighted by atomic mass is 79.9. The summed E-state index contributed by atoms with van der Waals surface area (Å²) in [6.45, 7) is 0. The van der Waals surface area contributed by atoms with Gasteiger partial charge in [-0.1, -0.05) is 15.9 Å². The van der Waals surface area contributed by atoms with Crippen molar-refractivity contribution in [1.82, 2.24) is 4.98 Å². The van der Waals surface area contributed by atoms with Gasteiger partial charge < -0.3 is 10.4 Å². The molecule has 0 aliphatic heterocycles. The molecule has 0 amide bonds. The van der Waals surface area contributed by atoms with Gasteiger partial charge in [-0.25, -0.2) is 9.78 Å². The molecule has 1 aromatic heterocycles. The first kappa shape index (κ1) is 15.3. The molecule has 110 valence electrons. The van der Waals surface area contributed by atoms with Crippen molar-refractivity contribution in [1.29, 1.82) is 0 Å². The van der Waals surface area contributed by atoms with E-state index in [2.05, 4.69) is 26.2 Å². The third-order valence-electron chi connectivity index (χ3n) is 2.57. The molecular formula is C13H8BrF3N2O2. The molecule has 0 saturated heterocycles. The fourth-order valence-corrected chi connectivity index (χ4v) is 2.11. The van der Waals surface area contributed by atoms with Crippen LogP contribution in [0.2, 0.25) is 0 Å². The third-order valence-corrected chi connectivity index (χ3v) is 3.26. The molecule has 0 spiro atoms. The van der Waals surface area contributed by atoms with E-state index in [0.717, 1.165) is 6.07 Å². The first-order valence-electron chi connectivity index (χ1n) is 5.61. The Balaban J connectivity index is 2.40. The van der Waals surface area contributed by atoms with Crippen molar-refractivity contribution in [2.75, 3.05) is 5.32 Å². The average molecular weight is 361 g/mol. The van der Waals surface area contributed by atoms with E-state index < -0.39 is 17.7 Å². The maximum Gasteiger partial charge on any atom is 0.417 e. The van der Waals surface area contributed by atoms with Crippen LogP contribution in [0.5, 0.6) is 0 Å². The lowest BCUT2D eigenvalue weighted by molar-refractivity contribution is -0.138. The third kappa shape index (κ3) is 3.52. The number of carbonyl (C=O) groups is 1. The molecule has 0 saturated carbocycles. The maximum absolute atomic E-state index is 12.8. The van der Waals surface area contributed by atoms with Crippen LogP contribution in [-0.4, -0.2) is 16.1 Å². The predicted molar refractivity (Wildman–Crippen MR) is 73.6 cm³/mol. The lowest BCUT2D eigenvalue weighted by atomic mass is 10.2. The summed E-state index contributed by atoms with van der Waals surface area (Å²) in [6.07, 6.45) is -3.17. The summed E-state index contributed by atoms with van der Waals surface area (Å²) in [7, 11) is 0. The zero-order chi connectivity index (χ0) is 15.6. The van der Waals surface area contributed by atoms with Crippen LogP contribution in [0, 0.1) is 0 Å². The van der Waals surface area contributed by atoms with E-state index in [0.29, 0.717) is 0 Å². The van der Waals surface area contributed by atoms with Gasteiger partial charge in [0.15, 0.2) is 0 Å². The lowest BCUT2D eigenvalue weighted by Crippen LogP contribution is -2.08. The summed E-state index contributed by atoms with van der Waals surface area (Å²) in [5, 5.41) is 11.6. The van der Waals surface area contributed by atoms with Gasteiger partial charge in [-0.05, 0) is 30.3 Å². The van der Waals surface area contributed by atoms with Gasteiger partial charge in [-0.15, -0.1) is 0 Å². The van der Waals surface area contributed by atoms with Gasteiger partial charge in [0.2, 0.25) is 0 Å². The summed E-state index contributed by atoms with van der Waals surface area (Å²) >= 11 is 2.83. The lowest BCUT2D eigenvalue weighted by Gasteiger charge is -2.13. The average Bonchev–Trinajstić information content (AvgIpc) is 2.40. The quantitative estimate of drug-likeness (QED) is 0.856. The van der Waals surface area contributed by atoms with E-state index in [1.807, 2.05) is 0 Å². The zero-order valence-corrected chi connectivity index (χ0v) is 11.9. The molecule has 0 fully saturated rings. The Labute approximate surface area is 125 Å². The van der Waals surface area contributed by atoms with Crippen LogP contribution in [0.1, 0.15) is 15.9 Å². The van der Waals surface area contributed by atoms with Gasteiger partial charge in [0, 0.05) is 16.4 Å². The van der Waals surface area contributed by atoms with Crippen LogP contribution in [0.3, 0.4) is 0 Å². The summed E-state index contributed by atoms with van der Waals surface area (Å²) in [6, 6.07) is 6.23. The number of aromatic nitrogens is 1. The van der Waals surface area contributed by atoms with Gasteiger partial charge in [-0.2, -0.15) is 13.2 Å². The Kier molecular flexibility index (Phi) is 4.17. The number of halogens is 4. The van der Waals surface area contributed by atoms with E-state index in [4.69, 9.17) is 5.11 Å². The second-order valence-corrected chi connectivity index (χ2v) is 4.88. The number of anilines is 2. The molecule has 4 nitrogen and oxygen atoms in total. The van der Waals surface area contributed by atoms with Gasteiger partial charge >= 0.3 is 12.1 Å². The minimum Gasteiger partial charge on any atom is -0.478 e. The number of alkyl halides is 3. The van der Waals surface area contributed by atoms with Crippen LogP contribution in [0.4, 0.5) is 24.7 Å². The molecule has 21 heavy (non-hydrogen) atoms. The molecule has 1 heterocycles. The van der Waals surface area contributed by atoms with Crippen LogP contribution in [0.15, 0.2) is 41.0 Å². The predicted octanol–water partition coefficient (Wildman–Crippen LogP) is 4.30. The van der Waals surface area contributed by atoms with Crippen molar-refractivity contribution < 1.29 is 23.1 Å². The minimum atomic E-state index is -4.52. The number of rotatable bonds is 3. The molecule has 0 aliphatic carbocycles. The Morgan fingerprint density at radius 1 is 1.29 bits per heavy atom. The fraction of sp³-hybridized carbons (Fsp3) is 0.0769. The van der Waals surface area contributed by atoms with Crippen LogP contribution < -0.4 is 5.32 Å². The van der Waals surface area contributed by atoms with Gasteiger partial charge in [0.05, 0.1) is 5.56 Å². The SMILES string of the molecule is O=C(O)c1cccnc1Nc1ccc(Br)c(C(F)(F)F)c1. The molecular weight excluding hydrogens is 353 g/mol. The monoisotopic (exact) mass is 360 g/mol. The van der Waals surface area contributed by atoms with Crippen LogP contribution in [0.25, 0.3) is 0 Å². The highest BCUT2D eigenvalue weighted by molar-refractivity contribution is 9.10. The van der Waals surface area contributed by atoms with Gasteiger partial charge in [-0.3, -0.25) is 0 Å². The first-order chi connectivity index (χ1) is 9.79. The second kappa shape index (κ2) is 5.72. The highest BCUT2D eigenvalue weighted by Crippen LogP contribution is 2.36. The number of pyridine rings is 1. The summed E-state index contributed by atoms with van der Waals surface area (Å²) < 4.78 is 38.3. The molecule has 8 heteroatoms. The van der Waals surface area contributed by atoms with Crippen molar-refractivity contribution in [3.63, 3.8) is 0 Å². The van der Waals surface area contributed by atoms with Crippen LogP contribution >= 0.6 is 15.9 Å². The Hall–Kier alpha value is -2.09. The smallest absolute Gasteiger partial charge is 0.417 e. The topological polar surface area (TPSA) is 62.2 Å². The normalized spacial score (nSPS) is 11.2. The maximum atomic E-state index is 12.8. The Morgan fingerprint density at radius 3 is 2.62 bits per heavy atom. The number of hydrogen-bond acceptors (Lipinski definition) is 3. The van der Waals surface area contributed by atoms with E-state index in [9.17, 15) is 18.0 Å². The number of carboxylic acids is 1. The number of hydrogen-bond donors (Lipinski definition) is 2. The highest BCUT2D eigenvalue weighted by Gasteiger charge is 2.33. The first-order valence-corrected chi connectivity index (χ1v) is 6.40. The molecule has 1 aromatic carbocycles. The number of nitrogens with one attached hydrogen (secondary N) is 1. The zero-order valence-electron chi connectivity index (χ0n) is 10.3. The van der Waals surface area contributed by atoms with Gasteiger partial charge in [0.1, 0.15) is 11.4 Å². The molecule has 0 atom stereocenters. The number of nitrogens with zero attached hydrogens (tertiary/aromatic N) is 1. The Morgan fingerprint density at radius 2 is 2.00 bits per heavy atom. The Bertz CT molecular complexity index is 689. The number of benzene rings is 1. The molecule has 2 aromatic rings. The van der Waals surface area contributed by atoms with E-state index in [1.54, 1.807) is 0 Å². The standard InChI is InChI=1S/C13H8BrF3N2O2/c14-10-4-3-7(6-9(10)13(15,16)17)19-11-8(12(20)21)2-1-5-18-11/h1-6H,(H,18,19)(H,20,21). The molecule has 2 rings (SSSR count). The van der Waals surface area contributed by atoms with E-state index >= 15 is 0 Å². The molecule has 0 bridgehead atoms. The largest absolute Gasteiger partial charge is 0.478 e. The van der Waals surface area contributed by atoms with Crippen molar-refractivity contribution >= 4 is 33.4 Å². The van der Waals surface area contributed by atoms with Crippen molar-refractivity contribution in [3.8, 4) is 0 Å². The number of aromatic carboxylic acids is 1. The van der Waals surface area contributed by atoms with E-state index in [-0.39, 0.29) is 21.5 Å². The summed E-state index contributed by atoms with van der Waals surface area (Å²) in [5.74, 6) is -1.25. The van der Waals surface area contributed by atoms with Crippen molar-refractivity contribution in [2.45, 2.75) is 6.18 Å². The molecule has 2 N–H and O–H groups in total. The van der Waals surface area contributed by atoms with Gasteiger partial charge in [0.25, 0.3) is 0 Å². The molecule has 0 aliphatic rings. The van der Waals surface area contributed by atoms with Crippen LogP contribution in [-0.2, 0) is 6.18 Å². The number of carboxylic acid groups (broad SMARTS) is 1. The molecule has 0 radical (unpaired) electrons. The summed E-state index contributed by atoms with van der Waals surface area (Å²) in [4.78, 5) is 14.8. The molecule has 0 unspecified atom stereocenters. The van der Waals surface area contributed by atoms with Crippen molar-refractivity contribution in [3.05, 3.63) is 52.1 Å². The van der Waals surface area contributed by atoms with E-state index in [1.165, 1.54) is 30.5 Å².